The van der Waals surface area contributed by atoms with Crippen LogP contribution < -0.4 is 9.30 Å². The Hall–Kier alpha value is -1.18. The average molecular weight is 316 g/mol. The Balaban J connectivity index is 2.31. The highest BCUT2D eigenvalue weighted by Gasteiger charge is 2.23. The second-order valence-corrected chi connectivity index (χ2v) is 7.79. The fraction of sp³-hybridized carbons (Fsp3) is 0.462. The minimum atomic E-state index is -3.97. The summed E-state index contributed by atoms with van der Waals surface area (Å²) in [5.74, 6) is 0.770. The van der Waals surface area contributed by atoms with Gasteiger partial charge in [-0.3, -0.25) is 4.55 Å². The van der Waals surface area contributed by atoms with E-state index in [-0.39, 0.29) is 0 Å². The molecule has 1 unspecified atom stereocenters. The predicted molar refractivity (Wildman–Crippen MR) is 78.9 cm³/mol. The van der Waals surface area contributed by atoms with Crippen molar-refractivity contribution >= 4 is 31.7 Å². The van der Waals surface area contributed by atoms with Gasteiger partial charge in [0.2, 0.25) is 10.5 Å². The molecule has 110 valence electrons. The second-order valence-electron chi connectivity index (χ2n) is 4.72. The fourth-order valence-corrected chi connectivity index (χ4v) is 3.47. The van der Waals surface area contributed by atoms with Crippen LogP contribution in [-0.4, -0.2) is 25.3 Å². The van der Waals surface area contributed by atoms with Gasteiger partial charge in [-0.1, -0.05) is 11.3 Å². The molecule has 1 heterocycles. The van der Waals surface area contributed by atoms with E-state index in [1.165, 1.54) is 6.92 Å². The van der Waals surface area contributed by atoms with E-state index in [4.69, 9.17) is 9.29 Å². The maximum Gasteiger partial charge on any atom is 0.267 e. The fourth-order valence-electron chi connectivity index (χ4n) is 2.04. The third-order valence-corrected chi connectivity index (χ3v) is 5.70. The van der Waals surface area contributed by atoms with Gasteiger partial charge in [0.15, 0.2) is 6.54 Å². The van der Waals surface area contributed by atoms with Crippen molar-refractivity contribution in [3.05, 3.63) is 23.2 Å². The summed E-state index contributed by atoms with van der Waals surface area (Å²) in [7, 11) is -2.35. The molecule has 5 nitrogen and oxygen atoms in total. The van der Waals surface area contributed by atoms with Crippen LogP contribution in [0.2, 0.25) is 0 Å². The van der Waals surface area contributed by atoms with Gasteiger partial charge in [-0.05, 0) is 19.1 Å². The van der Waals surface area contributed by atoms with Crippen molar-refractivity contribution in [2.75, 3.05) is 7.11 Å². The lowest BCUT2D eigenvalue weighted by Gasteiger charge is -2.05. The maximum atomic E-state index is 11.1. The zero-order valence-corrected chi connectivity index (χ0v) is 13.3. The van der Waals surface area contributed by atoms with Gasteiger partial charge in [0.05, 0.1) is 18.4 Å². The number of hydrogen-bond donors (Lipinski definition) is 1. The Labute approximate surface area is 122 Å². The first-order valence-electron chi connectivity index (χ1n) is 6.26. The van der Waals surface area contributed by atoms with Crippen molar-refractivity contribution in [2.24, 2.45) is 0 Å². The SMILES string of the molecule is COc1ccc2sc(C)[n+](CCC(C)S(=O)(=O)O)c2c1. The molecule has 1 aromatic heterocycles. The molecular weight excluding hydrogens is 298 g/mol. The van der Waals surface area contributed by atoms with Gasteiger partial charge in [-0.25, -0.2) is 0 Å². The molecule has 0 radical (unpaired) electrons. The van der Waals surface area contributed by atoms with E-state index in [1.807, 2.05) is 25.1 Å². The summed E-state index contributed by atoms with van der Waals surface area (Å²) in [6.45, 7) is 4.05. The van der Waals surface area contributed by atoms with Gasteiger partial charge in [0.25, 0.3) is 10.1 Å². The lowest BCUT2D eigenvalue weighted by molar-refractivity contribution is -0.673. The van der Waals surface area contributed by atoms with Gasteiger partial charge in [0.1, 0.15) is 10.4 Å². The Morgan fingerprint density at radius 2 is 2.15 bits per heavy atom. The van der Waals surface area contributed by atoms with Crippen LogP contribution in [0.5, 0.6) is 5.75 Å². The molecule has 1 N–H and O–H groups in total. The zero-order valence-electron chi connectivity index (χ0n) is 11.7. The van der Waals surface area contributed by atoms with Crippen molar-refractivity contribution < 1.29 is 22.3 Å². The first-order chi connectivity index (χ1) is 9.32. The molecule has 1 atom stereocenters. The molecule has 0 aliphatic heterocycles. The molecule has 20 heavy (non-hydrogen) atoms. The number of nitrogens with zero attached hydrogens (tertiary/aromatic N) is 1. The minimum absolute atomic E-state index is 0.368. The van der Waals surface area contributed by atoms with E-state index in [1.54, 1.807) is 18.4 Å². The number of benzene rings is 1. The van der Waals surface area contributed by atoms with E-state index < -0.39 is 15.4 Å². The molecule has 0 amide bonds. The topological polar surface area (TPSA) is 67.5 Å². The third kappa shape index (κ3) is 3.11. The highest BCUT2D eigenvalue weighted by molar-refractivity contribution is 7.86. The predicted octanol–water partition coefficient (Wildman–Crippen LogP) is 2.17. The highest BCUT2D eigenvalue weighted by Crippen LogP contribution is 2.24. The van der Waals surface area contributed by atoms with Gasteiger partial charge in [-0.2, -0.15) is 13.0 Å². The van der Waals surface area contributed by atoms with Gasteiger partial charge in [-0.15, -0.1) is 0 Å². The molecule has 0 aliphatic rings. The summed E-state index contributed by atoms with van der Waals surface area (Å²) in [6.07, 6.45) is 0.368. The average Bonchev–Trinajstić information content (AvgIpc) is 2.69. The second kappa shape index (κ2) is 5.67. The zero-order chi connectivity index (χ0) is 14.9. The Bertz CT molecular complexity index is 721. The Morgan fingerprint density at radius 3 is 2.75 bits per heavy atom. The van der Waals surface area contributed by atoms with Gasteiger partial charge in [0, 0.05) is 13.3 Å². The van der Waals surface area contributed by atoms with Crippen LogP contribution in [0.3, 0.4) is 0 Å². The summed E-state index contributed by atoms with van der Waals surface area (Å²) < 4.78 is 39.6. The summed E-state index contributed by atoms with van der Waals surface area (Å²) in [4.78, 5) is 0. The molecule has 0 saturated heterocycles. The van der Waals surface area contributed by atoms with E-state index in [9.17, 15) is 8.42 Å². The molecule has 7 heteroatoms. The molecule has 2 aromatic rings. The summed E-state index contributed by atoms with van der Waals surface area (Å²) in [5, 5.41) is 0.325. The van der Waals surface area contributed by atoms with Crippen molar-refractivity contribution in [3.63, 3.8) is 0 Å². The van der Waals surface area contributed by atoms with E-state index in [0.29, 0.717) is 13.0 Å². The van der Waals surface area contributed by atoms with Crippen LogP contribution in [0.4, 0.5) is 0 Å². The van der Waals surface area contributed by atoms with E-state index in [0.717, 1.165) is 21.0 Å². The number of aryl methyl sites for hydroxylation is 2. The molecule has 0 aliphatic carbocycles. The highest BCUT2D eigenvalue weighted by atomic mass is 32.2. The number of aromatic nitrogens is 1. The Morgan fingerprint density at radius 1 is 1.45 bits per heavy atom. The number of thiazole rings is 1. The van der Waals surface area contributed by atoms with E-state index in [2.05, 4.69) is 4.57 Å². The van der Waals surface area contributed by atoms with Crippen molar-refractivity contribution in [3.8, 4) is 5.75 Å². The lowest BCUT2D eigenvalue weighted by atomic mass is 10.3. The smallest absolute Gasteiger partial charge is 0.267 e. The molecule has 2 rings (SSSR count). The Kier molecular flexibility index (Phi) is 4.31. The number of fused-ring (bicyclic) bond motifs is 1. The number of hydrogen-bond acceptors (Lipinski definition) is 4. The first-order valence-corrected chi connectivity index (χ1v) is 8.58. The molecule has 0 saturated carbocycles. The number of methoxy groups -OCH3 is 1. The van der Waals surface area contributed by atoms with Crippen LogP contribution in [-0.2, 0) is 16.7 Å². The van der Waals surface area contributed by atoms with Crippen LogP contribution in [0.1, 0.15) is 18.4 Å². The summed E-state index contributed by atoms with van der Waals surface area (Å²) >= 11 is 1.65. The first kappa shape index (κ1) is 15.2. The summed E-state index contributed by atoms with van der Waals surface area (Å²) in [6, 6.07) is 5.84. The maximum absolute atomic E-state index is 11.1. The van der Waals surface area contributed by atoms with Crippen LogP contribution in [0, 0.1) is 6.92 Å². The van der Waals surface area contributed by atoms with Crippen LogP contribution >= 0.6 is 11.3 Å². The normalized spacial score (nSPS) is 13.6. The quantitative estimate of drug-likeness (QED) is 0.678. The van der Waals surface area contributed by atoms with Crippen LogP contribution in [0.15, 0.2) is 18.2 Å². The number of rotatable bonds is 5. The monoisotopic (exact) mass is 316 g/mol. The largest absolute Gasteiger partial charge is 0.497 e. The minimum Gasteiger partial charge on any atom is -0.497 e. The summed E-state index contributed by atoms with van der Waals surface area (Å²) in [5.41, 5.74) is 1.02. The molecule has 0 spiro atoms. The lowest BCUT2D eigenvalue weighted by Crippen LogP contribution is -2.37. The van der Waals surface area contributed by atoms with E-state index >= 15 is 0 Å². The third-order valence-electron chi connectivity index (χ3n) is 3.36. The molecular formula is C13H18NO4S2+. The molecule has 0 fully saturated rings. The van der Waals surface area contributed by atoms with Crippen LogP contribution in [0.25, 0.3) is 10.2 Å². The van der Waals surface area contributed by atoms with Crippen molar-refractivity contribution in [1.29, 1.82) is 0 Å². The van der Waals surface area contributed by atoms with Crippen molar-refractivity contribution in [1.82, 2.24) is 0 Å². The number of ether oxygens (including phenoxy) is 1. The van der Waals surface area contributed by atoms with Crippen molar-refractivity contribution in [2.45, 2.75) is 32.1 Å². The van der Waals surface area contributed by atoms with Gasteiger partial charge >= 0.3 is 0 Å². The standard InChI is InChI=1S/C13H17NO4S2/c1-9(20(15,16)17)6-7-14-10(2)19-13-5-4-11(18-3)8-12(13)14/h4-5,8-9H,6-7H2,1-3H3/p+1. The van der Waals surface area contributed by atoms with Gasteiger partial charge < -0.3 is 4.74 Å². The molecule has 1 aromatic carbocycles. The molecule has 0 bridgehead atoms.